The second-order valence-corrected chi connectivity index (χ2v) is 6.67. The molecule has 0 unspecified atom stereocenters. The van der Waals surface area contributed by atoms with E-state index in [0.29, 0.717) is 0 Å². The molecule has 1 aromatic heterocycles. The van der Waals surface area contributed by atoms with Gasteiger partial charge in [0.05, 0.1) is 16.1 Å². The number of aromatic nitrogens is 3. The van der Waals surface area contributed by atoms with E-state index in [2.05, 4.69) is 14.8 Å². The number of nitrogens with zero attached hydrogens (tertiary/aromatic N) is 3. The molecule has 0 saturated heterocycles. The lowest BCUT2D eigenvalue weighted by Crippen LogP contribution is -2.15. The van der Waals surface area contributed by atoms with Gasteiger partial charge >= 0.3 is 6.18 Å². The van der Waals surface area contributed by atoms with Crippen molar-refractivity contribution in [1.82, 2.24) is 14.8 Å². The van der Waals surface area contributed by atoms with Crippen LogP contribution in [0.5, 0.6) is 0 Å². The second kappa shape index (κ2) is 6.20. The number of alkyl halides is 3. The SMILES string of the molecule is O=S(=O)(Nc1ccc(-n2cncn2)c(C(F)(F)F)c1)c1ccccc1. The summed E-state index contributed by atoms with van der Waals surface area (Å²) in [4.78, 5) is 3.56. The topological polar surface area (TPSA) is 76.9 Å². The predicted molar refractivity (Wildman–Crippen MR) is 83.6 cm³/mol. The molecule has 25 heavy (non-hydrogen) atoms. The fraction of sp³-hybridized carbons (Fsp3) is 0.0667. The summed E-state index contributed by atoms with van der Waals surface area (Å²) in [5, 5.41) is 3.68. The Balaban J connectivity index is 2.02. The normalized spacial score (nSPS) is 12.1. The predicted octanol–water partition coefficient (Wildman–Crippen LogP) is 3.09. The molecule has 0 aliphatic carbocycles. The zero-order valence-corrected chi connectivity index (χ0v) is 13.3. The Morgan fingerprint density at radius 3 is 2.36 bits per heavy atom. The van der Waals surface area contributed by atoms with Gasteiger partial charge in [0, 0.05) is 5.69 Å². The summed E-state index contributed by atoms with van der Waals surface area (Å²) in [5.41, 5.74) is -1.50. The molecule has 1 N–H and O–H groups in total. The zero-order valence-electron chi connectivity index (χ0n) is 12.5. The molecule has 0 aliphatic heterocycles. The van der Waals surface area contributed by atoms with Crippen molar-refractivity contribution < 1.29 is 21.6 Å². The van der Waals surface area contributed by atoms with Crippen molar-refractivity contribution in [3.05, 3.63) is 66.7 Å². The third kappa shape index (κ3) is 3.63. The molecule has 0 aliphatic rings. The summed E-state index contributed by atoms with van der Waals surface area (Å²) in [5.74, 6) is 0. The molecule has 0 amide bonds. The molecule has 10 heteroatoms. The highest BCUT2D eigenvalue weighted by molar-refractivity contribution is 7.92. The second-order valence-electron chi connectivity index (χ2n) is 4.99. The summed E-state index contributed by atoms with van der Waals surface area (Å²) in [7, 11) is -3.99. The van der Waals surface area contributed by atoms with Gasteiger partial charge in [-0.15, -0.1) is 0 Å². The quantitative estimate of drug-likeness (QED) is 0.768. The maximum atomic E-state index is 13.3. The Morgan fingerprint density at radius 1 is 1.04 bits per heavy atom. The number of hydrogen-bond acceptors (Lipinski definition) is 4. The lowest BCUT2D eigenvalue weighted by molar-refractivity contribution is -0.137. The highest BCUT2D eigenvalue weighted by Crippen LogP contribution is 2.35. The van der Waals surface area contributed by atoms with Crippen LogP contribution in [0, 0.1) is 0 Å². The van der Waals surface area contributed by atoms with Gasteiger partial charge in [-0.3, -0.25) is 4.72 Å². The molecular weight excluding hydrogens is 357 g/mol. The van der Waals surface area contributed by atoms with Crippen LogP contribution >= 0.6 is 0 Å². The molecule has 0 atom stereocenters. The van der Waals surface area contributed by atoms with Crippen molar-refractivity contribution in [2.75, 3.05) is 4.72 Å². The Kier molecular flexibility index (Phi) is 4.21. The largest absolute Gasteiger partial charge is 0.418 e. The van der Waals surface area contributed by atoms with Crippen LogP contribution in [0.25, 0.3) is 5.69 Å². The smallest absolute Gasteiger partial charge is 0.280 e. The standard InChI is InChI=1S/C15H11F3N4O2S/c16-15(17,18)13-8-11(6-7-14(13)22-10-19-9-20-22)21-25(23,24)12-4-2-1-3-5-12/h1-10,21H. The first-order chi connectivity index (χ1) is 11.8. The minimum atomic E-state index is -4.70. The van der Waals surface area contributed by atoms with E-state index < -0.39 is 21.8 Å². The van der Waals surface area contributed by atoms with E-state index in [1.807, 2.05) is 0 Å². The van der Waals surface area contributed by atoms with Crippen molar-refractivity contribution in [3.8, 4) is 5.69 Å². The highest BCUT2D eigenvalue weighted by atomic mass is 32.2. The van der Waals surface area contributed by atoms with E-state index in [4.69, 9.17) is 0 Å². The zero-order chi connectivity index (χ0) is 18.1. The van der Waals surface area contributed by atoms with Crippen LogP contribution in [-0.2, 0) is 16.2 Å². The highest BCUT2D eigenvalue weighted by Gasteiger charge is 2.35. The molecule has 130 valence electrons. The molecule has 0 saturated carbocycles. The summed E-state index contributed by atoms with van der Waals surface area (Å²) in [6.07, 6.45) is -2.47. The van der Waals surface area contributed by atoms with Gasteiger partial charge in [0.1, 0.15) is 12.7 Å². The first kappa shape index (κ1) is 17.0. The van der Waals surface area contributed by atoms with Crippen molar-refractivity contribution >= 4 is 15.7 Å². The van der Waals surface area contributed by atoms with Crippen LogP contribution in [0.4, 0.5) is 18.9 Å². The first-order valence-electron chi connectivity index (χ1n) is 6.91. The van der Waals surface area contributed by atoms with Crippen molar-refractivity contribution in [3.63, 3.8) is 0 Å². The lowest BCUT2D eigenvalue weighted by atomic mass is 10.1. The number of sulfonamides is 1. The van der Waals surface area contributed by atoms with Crippen LogP contribution in [0.2, 0.25) is 0 Å². The molecule has 2 aromatic carbocycles. The number of anilines is 1. The minimum absolute atomic E-state index is 0.0519. The van der Waals surface area contributed by atoms with Crippen LogP contribution < -0.4 is 4.72 Å². The molecular formula is C15H11F3N4O2S. The third-order valence-corrected chi connectivity index (χ3v) is 4.67. The Morgan fingerprint density at radius 2 is 1.76 bits per heavy atom. The number of hydrogen-bond donors (Lipinski definition) is 1. The third-order valence-electron chi connectivity index (χ3n) is 3.27. The minimum Gasteiger partial charge on any atom is -0.280 e. The van der Waals surface area contributed by atoms with Gasteiger partial charge in [0.15, 0.2) is 0 Å². The molecule has 3 rings (SSSR count). The molecule has 0 bridgehead atoms. The maximum absolute atomic E-state index is 13.3. The van der Waals surface area contributed by atoms with Gasteiger partial charge < -0.3 is 0 Å². The van der Waals surface area contributed by atoms with Gasteiger partial charge in [-0.1, -0.05) is 18.2 Å². The van der Waals surface area contributed by atoms with Crippen LogP contribution in [0.3, 0.4) is 0 Å². The first-order valence-corrected chi connectivity index (χ1v) is 8.40. The maximum Gasteiger partial charge on any atom is 0.418 e. The molecule has 0 spiro atoms. The summed E-state index contributed by atoms with van der Waals surface area (Å²) in [6, 6.07) is 10.4. The van der Waals surface area contributed by atoms with E-state index in [1.165, 1.54) is 30.3 Å². The van der Waals surface area contributed by atoms with Crippen LogP contribution in [0.15, 0.2) is 66.1 Å². The van der Waals surface area contributed by atoms with E-state index >= 15 is 0 Å². The number of rotatable bonds is 4. The lowest BCUT2D eigenvalue weighted by Gasteiger charge is -2.15. The van der Waals surface area contributed by atoms with E-state index in [-0.39, 0.29) is 16.3 Å². The Labute approximate surface area is 141 Å². The van der Waals surface area contributed by atoms with Crippen LogP contribution in [0.1, 0.15) is 5.56 Å². The molecule has 3 aromatic rings. The number of benzene rings is 2. The monoisotopic (exact) mass is 368 g/mol. The summed E-state index contributed by atoms with van der Waals surface area (Å²) in [6.45, 7) is 0. The van der Waals surface area contributed by atoms with Gasteiger partial charge in [0.2, 0.25) is 0 Å². The number of halogens is 3. The average Bonchev–Trinajstić information content (AvgIpc) is 3.09. The van der Waals surface area contributed by atoms with E-state index in [9.17, 15) is 21.6 Å². The molecule has 1 heterocycles. The van der Waals surface area contributed by atoms with Gasteiger partial charge in [-0.25, -0.2) is 18.1 Å². The fourth-order valence-electron chi connectivity index (χ4n) is 2.17. The molecule has 6 nitrogen and oxygen atoms in total. The Hall–Kier alpha value is -2.88. The summed E-state index contributed by atoms with van der Waals surface area (Å²) >= 11 is 0. The van der Waals surface area contributed by atoms with Gasteiger partial charge in [-0.2, -0.15) is 18.3 Å². The van der Waals surface area contributed by atoms with Crippen LogP contribution in [-0.4, -0.2) is 23.2 Å². The Bertz CT molecular complexity index is 972. The van der Waals surface area contributed by atoms with Crippen molar-refractivity contribution in [2.24, 2.45) is 0 Å². The molecule has 0 fully saturated rings. The van der Waals surface area contributed by atoms with Gasteiger partial charge in [-0.05, 0) is 30.3 Å². The number of nitrogens with one attached hydrogen (secondary N) is 1. The average molecular weight is 368 g/mol. The fourth-order valence-corrected chi connectivity index (χ4v) is 3.24. The van der Waals surface area contributed by atoms with Crippen molar-refractivity contribution in [2.45, 2.75) is 11.1 Å². The van der Waals surface area contributed by atoms with Gasteiger partial charge in [0.25, 0.3) is 10.0 Å². The van der Waals surface area contributed by atoms with E-state index in [1.54, 1.807) is 6.07 Å². The summed E-state index contributed by atoms with van der Waals surface area (Å²) < 4.78 is 67.6. The van der Waals surface area contributed by atoms with E-state index in [0.717, 1.165) is 29.5 Å². The molecule has 0 radical (unpaired) electrons. The van der Waals surface area contributed by atoms with Crippen molar-refractivity contribution in [1.29, 1.82) is 0 Å².